The van der Waals surface area contributed by atoms with Crippen LogP contribution in [0.25, 0.3) is 11.3 Å². The number of hydrogen-bond donors (Lipinski definition) is 2. The van der Waals surface area contributed by atoms with Gasteiger partial charge < -0.3 is 14.8 Å². The number of carbonyl (C=O) groups is 1. The van der Waals surface area contributed by atoms with Gasteiger partial charge in [0.05, 0.1) is 17.1 Å². The van der Waals surface area contributed by atoms with E-state index in [2.05, 4.69) is 19.2 Å². The molecule has 1 aromatic carbocycles. The standard InChI is InChI=1S/C16H18ClNO3.ClH/c1-10(2)8-18-9-12-4-6-15(21-12)13-7-11(16(19)20)3-5-14(13)17;/h3-7,10,18H,8-9H2,1-2H3,(H,19,20);1H. The Morgan fingerprint density at radius 3 is 2.68 bits per heavy atom. The summed E-state index contributed by atoms with van der Waals surface area (Å²) in [5.74, 6) is 0.950. The van der Waals surface area contributed by atoms with E-state index in [-0.39, 0.29) is 18.0 Å². The number of rotatable bonds is 6. The molecule has 2 aromatic rings. The van der Waals surface area contributed by atoms with Gasteiger partial charge in [0.25, 0.3) is 0 Å². The van der Waals surface area contributed by atoms with Gasteiger partial charge in [-0.1, -0.05) is 25.4 Å². The molecular formula is C16H19Cl2NO3. The summed E-state index contributed by atoms with van der Waals surface area (Å²) in [5.41, 5.74) is 0.775. The van der Waals surface area contributed by atoms with Crippen LogP contribution < -0.4 is 5.32 Å². The SMILES string of the molecule is CC(C)CNCc1ccc(-c2cc(C(=O)O)ccc2Cl)o1.Cl. The zero-order valence-corrected chi connectivity index (χ0v) is 14.0. The van der Waals surface area contributed by atoms with E-state index in [0.717, 1.165) is 12.3 Å². The number of hydrogen-bond acceptors (Lipinski definition) is 3. The summed E-state index contributed by atoms with van der Waals surface area (Å²) in [5, 5.41) is 12.8. The van der Waals surface area contributed by atoms with Gasteiger partial charge in [-0.3, -0.25) is 0 Å². The van der Waals surface area contributed by atoms with Gasteiger partial charge in [0.1, 0.15) is 11.5 Å². The number of halogens is 2. The highest BCUT2D eigenvalue weighted by Gasteiger charge is 2.12. The second-order valence-electron chi connectivity index (χ2n) is 5.29. The van der Waals surface area contributed by atoms with E-state index >= 15 is 0 Å². The fourth-order valence-electron chi connectivity index (χ4n) is 1.95. The average Bonchev–Trinajstić information content (AvgIpc) is 2.87. The molecule has 0 fully saturated rings. The summed E-state index contributed by atoms with van der Waals surface area (Å²) in [6.45, 7) is 5.81. The Kier molecular flexibility index (Phi) is 6.94. The van der Waals surface area contributed by atoms with Gasteiger partial charge in [-0.15, -0.1) is 12.4 Å². The first-order chi connectivity index (χ1) is 9.97. The molecule has 0 saturated heterocycles. The van der Waals surface area contributed by atoms with Gasteiger partial charge in [-0.05, 0) is 42.8 Å². The molecular weight excluding hydrogens is 325 g/mol. The molecule has 2 rings (SSSR count). The fourth-order valence-corrected chi connectivity index (χ4v) is 2.16. The van der Waals surface area contributed by atoms with E-state index in [9.17, 15) is 4.79 Å². The van der Waals surface area contributed by atoms with E-state index < -0.39 is 5.97 Å². The van der Waals surface area contributed by atoms with Crippen molar-refractivity contribution in [3.05, 3.63) is 46.7 Å². The zero-order valence-electron chi connectivity index (χ0n) is 12.4. The lowest BCUT2D eigenvalue weighted by molar-refractivity contribution is 0.0697. The third-order valence-corrected chi connectivity index (χ3v) is 3.32. The number of aromatic carboxylic acids is 1. The summed E-state index contributed by atoms with van der Waals surface area (Å²) < 4.78 is 5.73. The van der Waals surface area contributed by atoms with Crippen molar-refractivity contribution in [3.8, 4) is 11.3 Å². The van der Waals surface area contributed by atoms with Crippen molar-refractivity contribution in [2.75, 3.05) is 6.54 Å². The highest BCUT2D eigenvalue weighted by atomic mass is 35.5. The molecule has 0 amide bonds. The molecule has 0 atom stereocenters. The third-order valence-electron chi connectivity index (χ3n) is 2.99. The van der Waals surface area contributed by atoms with Crippen molar-refractivity contribution in [1.82, 2.24) is 5.32 Å². The molecule has 0 aliphatic carbocycles. The van der Waals surface area contributed by atoms with Crippen LogP contribution in [0.3, 0.4) is 0 Å². The van der Waals surface area contributed by atoms with Crippen molar-refractivity contribution in [2.45, 2.75) is 20.4 Å². The van der Waals surface area contributed by atoms with Crippen molar-refractivity contribution in [2.24, 2.45) is 5.92 Å². The summed E-state index contributed by atoms with van der Waals surface area (Å²) in [7, 11) is 0. The smallest absolute Gasteiger partial charge is 0.335 e. The maximum Gasteiger partial charge on any atom is 0.335 e. The van der Waals surface area contributed by atoms with Crippen LogP contribution in [-0.2, 0) is 6.54 Å². The molecule has 0 unspecified atom stereocenters. The van der Waals surface area contributed by atoms with Crippen molar-refractivity contribution < 1.29 is 14.3 Å². The fraction of sp³-hybridized carbons (Fsp3) is 0.312. The Balaban J connectivity index is 0.00000242. The Morgan fingerprint density at radius 2 is 2.05 bits per heavy atom. The van der Waals surface area contributed by atoms with Gasteiger partial charge in [0, 0.05) is 5.56 Å². The van der Waals surface area contributed by atoms with Crippen LogP contribution in [0.15, 0.2) is 34.7 Å². The van der Waals surface area contributed by atoms with Crippen LogP contribution in [0.1, 0.15) is 30.0 Å². The predicted octanol–water partition coefficient (Wildman–Crippen LogP) is 4.47. The van der Waals surface area contributed by atoms with Crippen molar-refractivity contribution in [1.29, 1.82) is 0 Å². The number of nitrogens with one attached hydrogen (secondary N) is 1. The molecule has 1 heterocycles. The van der Waals surface area contributed by atoms with Crippen LogP contribution in [0, 0.1) is 5.92 Å². The number of carboxylic acid groups (broad SMARTS) is 1. The van der Waals surface area contributed by atoms with Crippen LogP contribution in [-0.4, -0.2) is 17.6 Å². The first kappa shape index (κ1) is 18.6. The van der Waals surface area contributed by atoms with E-state index in [1.54, 1.807) is 12.1 Å². The summed E-state index contributed by atoms with van der Waals surface area (Å²) in [6.07, 6.45) is 0. The van der Waals surface area contributed by atoms with Crippen LogP contribution in [0.4, 0.5) is 0 Å². The largest absolute Gasteiger partial charge is 0.478 e. The molecule has 0 bridgehead atoms. The minimum atomic E-state index is -0.988. The van der Waals surface area contributed by atoms with E-state index in [4.69, 9.17) is 21.1 Å². The topological polar surface area (TPSA) is 62.5 Å². The molecule has 0 aliphatic heterocycles. The maximum atomic E-state index is 11.0. The summed E-state index contributed by atoms with van der Waals surface area (Å²) >= 11 is 6.12. The quantitative estimate of drug-likeness (QED) is 0.812. The Hall–Kier alpha value is -1.49. The molecule has 120 valence electrons. The predicted molar refractivity (Wildman–Crippen MR) is 89.9 cm³/mol. The van der Waals surface area contributed by atoms with Gasteiger partial charge in [-0.2, -0.15) is 0 Å². The third kappa shape index (κ3) is 4.77. The van der Waals surface area contributed by atoms with Crippen LogP contribution in [0.2, 0.25) is 5.02 Å². The first-order valence-corrected chi connectivity index (χ1v) is 7.18. The first-order valence-electron chi connectivity index (χ1n) is 6.80. The molecule has 0 radical (unpaired) electrons. The van der Waals surface area contributed by atoms with E-state index in [0.29, 0.717) is 28.8 Å². The zero-order chi connectivity index (χ0) is 15.4. The lowest BCUT2D eigenvalue weighted by Gasteiger charge is -2.05. The molecule has 2 N–H and O–H groups in total. The highest BCUT2D eigenvalue weighted by Crippen LogP contribution is 2.30. The normalized spacial score (nSPS) is 10.5. The minimum absolute atomic E-state index is 0. The summed E-state index contributed by atoms with van der Waals surface area (Å²) in [4.78, 5) is 11.0. The molecule has 22 heavy (non-hydrogen) atoms. The van der Waals surface area contributed by atoms with Gasteiger partial charge in [0.15, 0.2) is 0 Å². The second-order valence-corrected chi connectivity index (χ2v) is 5.70. The Morgan fingerprint density at radius 1 is 1.32 bits per heavy atom. The average molecular weight is 344 g/mol. The van der Waals surface area contributed by atoms with Gasteiger partial charge in [-0.25, -0.2) is 4.79 Å². The second kappa shape index (κ2) is 8.22. The van der Waals surface area contributed by atoms with E-state index in [1.807, 2.05) is 6.07 Å². The van der Waals surface area contributed by atoms with Crippen LogP contribution in [0.5, 0.6) is 0 Å². The Labute approximate surface area is 140 Å². The Bertz CT molecular complexity index is 638. The summed E-state index contributed by atoms with van der Waals surface area (Å²) in [6, 6.07) is 8.24. The molecule has 4 nitrogen and oxygen atoms in total. The maximum absolute atomic E-state index is 11.0. The number of furan rings is 1. The lowest BCUT2D eigenvalue weighted by Crippen LogP contribution is -2.18. The molecule has 1 aromatic heterocycles. The highest BCUT2D eigenvalue weighted by molar-refractivity contribution is 6.33. The molecule has 6 heteroatoms. The molecule has 0 aliphatic rings. The van der Waals surface area contributed by atoms with Gasteiger partial charge in [0.2, 0.25) is 0 Å². The van der Waals surface area contributed by atoms with Gasteiger partial charge >= 0.3 is 5.97 Å². The minimum Gasteiger partial charge on any atom is -0.478 e. The molecule has 0 spiro atoms. The number of benzene rings is 1. The van der Waals surface area contributed by atoms with Crippen molar-refractivity contribution >= 4 is 30.0 Å². The number of carboxylic acids is 1. The molecule has 0 saturated carbocycles. The lowest BCUT2D eigenvalue weighted by atomic mass is 10.1. The van der Waals surface area contributed by atoms with Crippen molar-refractivity contribution in [3.63, 3.8) is 0 Å². The monoisotopic (exact) mass is 343 g/mol. The van der Waals surface area contributed by atoms with E-state index in [1.165, 1.54) is 12.1 Å². The van der Waals surface area contributed by atoms with Crippen LogP contribution >= 0.6 is 24.0 Å².